The average Bonchev–Trinajstić information content (AvgIpc) is 0.796. The Balaban J connectivity index is -0.000000735. The zero-order valence-electron chi connectivity index (χ0n) is 85.8. The van der Waals surface area contributed by atoms with Gasteiger partial charge in [0.2, 0.25) is 0 Å². The summed E-state index contributed by atoms with van der Waals surface area (Å²) in [4.78, 5) is 46.5. The normalized spacial score (nSPS) is 9.66. The number of hydrogen-bond donors (Lipinski definition) is 0. The summed E-state index contributed by atoms with van der Waals surface area (Å²) in [5, 5.41) is 0. The molecule has 0 N–H and O–H groups in total. The summed E-state index contributed by atoms with van der Waals surface area (Å²) in [5.74, 6) is 0.667. The first-order chi connectivity index (χ1) is 63.1. The molecule has 15 aromatic carbocycles. The minimum absolute atomic E-state index is 0. The maximum Gasteiger partial charge on any atom is 0.126 e. The van der Waals surface area contributed by atoms with Crippen LogP contribution in [0.25, 0.3) is 0 Å². The molecule has 0 saturated carbocycles. The maximum absolute atomic E-state index is 9.44. The summed E-state index contributed by atoms with van der Waals surface area (Å²) in [6, 6.07) is 161. The Morgan fingerprint density at radius 1 is 0.176 bits per heavy atom. The second-order valence-corrected chi connectivity index (χ2v) is 32.8. The number of Topliss-reactive ketones (excluding diaryl/α,β-unsaturated/α-hetero) is 4. The van der Waals surface area contributed by atoms with Crippen LogP contribution in [0.15, 0.2) is 455 Å². The van der Waals surface area contributed by atoms with Crippen molar-refractivity contribution in [1.82, 2.24) is 0 Å². The molecule has 0 saturated heterocycles. The Kier molecular flexibility index (Phi) is 74.2. The number of ketones is 4. The fourth-order valence-corrected chi connectivity index (χ4v) is 14.1. The predicted octanol–water partition coefficient (Wildman–Crippen LogP) is 34.9. The van der Waals surface area contributed by atoms with Crippen molar-refractivity contribution in [3.63, 3.8) is 0 Å². The van der Waals surface area contributed by atoms with Gasteiger partial charge in [-0.15, -0.1) is 0 Å². The summed E-state index contributed by atoms with van der Waals surface area (Å²) in [7, 11) is 0. The third-order valence-corrected chi connectivity index (χ3v) is 20.3. The summed E-state index contributed by atoms with van der Waals surface area (Å²) in [6.45, 7) is 42.0. The van der Waals surface area contributed by atoms with Gasteiger partial charge in [-0.3, -0.25) is 6.29 Å². The second-order valence-electron chi connectivity index (χ2n) is 32.8. The molecule has 15 aromatic rings. The van der Waals surface area contributed by atoms with Crippen molar-refractivity contribution >= 4 is 29.4 Å². The number of rotatable bonds is 15. The molecule has 15 rings (SSSR count). The van der Waals surface area contributed by atoms with Crippen LogP contribution in [0.5, 0.6) is 0 Å². The molecule has 0 atom stereocenters. The summed E-state index contributed by atoms with van der Waals surface area (Å²) >= 11 is 0. The molecule has 0 aliphatic heterocycles. The van der Waals surface area contributed by atoms with Gasteiger partial charge in [-0.05, 0) is 173 Å². The van der Waals surface area contributed by atoms with Crippen molar-refractivity contribution in [2.45, 2.75) is 213 Å². The van der Waals surface area contributed by atoms with Crippen LogP contribution in [0.4, 0.5) is 0 Å². The van der Waals surface area contributed by atoms with Crippen LogP contribution in [-0.4, -0.2) is 29.4 Å². The monoisotopic (exact) mass is 1970 g/mol. The van der Waals surface area contributed by atoms with E-state index in [0.717, 1.165) is 0 Å². The van der Waals surface area contributed by atoms with Crippen molar-refractivity contribution in [3.05, 3.63) is 553 Å². The van der Waals surface area contributed by atoms with Gasteiger partial charge >= 0.3 is 0 Å². The molecule has 714 valence electrons. The van der Waals surface area contributed by atoms with Crippen LogP contribution in [0.1, 0.15) is 269 Å². The zero-order chi connectivity index (χ0) is 97.0. The standard InChI is InChI=1S/5C20H18.4C3H6O.4C3H8.C2H3O.CH4.2CH3.2Y/c5*1-20(17-11-5-2-6-12-17,18-13-7-3-8-14-18)19-15-9-4-10-16-19;4*1-3(2)4;4*1-3-2;1-2-3;;;;;/h5*2-16H,1H3;4*1-2H3;4*3H2,1-2H3;1H3;1H4;2*1H3;;/q;;;;;;;;;;;;;-1;;2*-1;;. The van der Waals surface area contributed by atoms with Crippen molar-refractivity contribution in [3.8, 4) is 0 Å². The zero-order valence-corrected chi connectivity index (χ0v) is 91.5. The van der Waals surface area contributed by atoms with E-state index in [1.54, 1.807) is 0 Å². The van der Waals surface area contributed by atoms with Gasteiger partial charge < -0.3 is 38.8 Å². The van der Waals surface area contributed by atoms with Gasteiger partial charge in [0.1, 0.15) is 23.1 Å². The predicted molar refractivity (Wildman–Crippen MR) is 585 cm³/mol. The largest absolute Gasteiger partial charge is 0.542 e. The number of carbonyl (C=O) groups is 4. The van der Waals surface area contributed by atoms with Crippen LogP contribution in [0, 0.1) is 14.9 Å². The molecule has 5 nitrogen and oxygen atoms in total. The van der Waals surface area contributed by atoms with Crippen LogP contribution < -0.4 is 0 Å². The van der Waals surface area contributed by atoms with E-state index >= 15 is 0 Å². The van der Waals surface area contributed by atoms with E-state index in [1.807, 2.05) is 0 Å². The molecule has 7 heteroatoms. The molecule has 0 bridgehead atoms. The fraction of sp³-hybridized carbons (Fsp3) is 0.248. The molecule has 0 aliphatic carbocycles. The molecule has 0 spiro atoms. The van der Waals surface area contributed by atoms with E-state index in [-0.39, 0.29) is 138 Å². The first kappa shape index (κ1) is 131. The molecule has 0 unspecified atom stereocenters. The van der Waals surface area contributed by atoms with Gasteiger partial charge in [0.05, 0.1) is 0 Å². The van der Waals surface area contributed by atoms with Gasteiger partial charge in [-0.2, -0.15) is 6.92 Å². The molecular formula is C129H159O5Y2-3. The van der Waals surface area contributed by atoms with Gasteiger partial charge in [0.15, 0.2) is 0 Å². The third-order valence-electron chi connectivity index (χ3n) is 20.3. The molecule has 136 heavy (non-hydrogen) atoms. The quantitative estimate of drug-likeness (QED) is 0.0754. The van der Waals surface area contributed by atoms with Crippen molar-refractivity contribution < 1.29 is 89.4 Å². The van der Waals surface area contributed by atoms with E-state index in [9.17, 15) is 19.2 Å². The van der Waals surface area contributed by atoms with Gasteiger partial charge in [-0.1, -0.05) is 543 Å². The third kappa shape index (κ3) is 46.1. The summed E-state index contributed by atoms with van der Waals surface area (Å²) < 4.78 is 0. The topological polar surface area (TPSA) is 85.3 Å². The van der Waals surface area contributed by atoms with Crippen molar-refractivity contribution in [2.24, 2.45) is 0 Å². The van der Waals surface area contributed by atoms with E-state index in [0.29, 0.717) is 0 Å². The fourth-order valence-electron chi connectivity index (χ4n) is 14.1. The Hall–Kier alpha value is -11.1. The number of hydrogen-bond acceptors (Lipinski definition) is 5. The molecular weight excluding hydrogens is 1810 g/mol. The van der Waals surface area contributed by atoms with E-state index in [1.165, 1.54) is 178 Å². The van der Waals surface area contributed by atoms with Crippen LogP contribution >= 0.6 is 0 Å². The van der Waals surface area contributed by atoms with Crippen molar-refractivity contribution in [1.29, 1.82) is 0 Å². The van der Waals surface area contributed by atoms with Gasteiger partial charge in [-0.25, -0.2) is 0 Å². The van der Waals surface area contributed by atoms with Crippen LogP contribution in [0.2, 0.25) is 0 Å². The Morgan fingerprint density at radius 2 is 0.213 bits per heavy atom. The Labute approximate surface area is 876 Å². The second kappa shape index (κ2) is 77.0. The molecule has 0 heterocycles. The van der Waals surface area contributed by atoms with Gasteiger partial charge in [0.25, 0.3) is 0 Å². The van der Waals surface area contributed by atoms with E-state index in [2.05, 4.69) is 545 Å². The molecule has 0 aliphatic rings. The molecule has 0 aromatic heterocycles. The van der Waals surface area contributed by atoms with Gasteiger partial charge in [0, 0.05) is 92.5 Å². The minimum Gasteiger partial charge on any atom is -0.542 e. The maximum atomic E-state index is 9.44. The minimum atomic E-state index is -0.121. The number of carbonyl (C=O) groups excluding carboxylic acids is 5. The molecule has 0 fully saturated rings. The van der Waals surface area contributed by atoms with Crippen LogP contribution in [-0.2, 0) is 116 Å². The Bertz CT molecular complexity index is 4070. The number of benzene rings is 15. The first-order valence-corrected chi connectivity index (χ1v) is 46.1. The average molecular weight is 1970 g/mol. The Morgan fingerprint density at radius 3 is 0.250 bits per heavy atom. The summed E-state index contributed by atoms with van der Waals surface area (Å²) in [5.41, 5.74) is 19.1. The summed E-state index contributed by atoms with van der Waals surface area (Å²) in [6.07, 6.45) is 6.50. The van der Waals surface area contributed by atoms with Crippen molar-refractivity contribution in [2.75, 3.05) is 0 Å². The first-order valence-electron chi connectivity index (χ1n) is 46.1. The van der Waals surface area contributed by atoms with E-state index in [4.69, 9.17) is 4.79 Å². The molecule has 2 radical (unpaired) electrons. The smallest absolute Gasteiger partial charge is 0.126 e. The van der Waals surface area contributed by atoms with E-state index < -0.39 is 0 Å². The molecule has 0 amide bonds. The SMILES string of the molecule is C.CC(C)=O.CC(C)=O.CC(C)=O.CC(C)=O.CC(c1ccccc1)(c1ccccc1)c1ccccc1.CC(c1ccccc1)(c1ccccc1)c1ccccc1.CC(c1ccccc1)(c1ccccc1)c1ccccc1.CC(c1ccccc1)(c1ccccc1)c1ccccc1.CC(c1ccccc1)(c1ccccc1)c1ccccc1.CCC.CCC.CCC.CCC.C[C-]=O.[CH3-].[CH3-].[Y].[Y]. The van der Waals surface area contributed by atoms with Crippen LogP contribution in [0.3, 0.4) is 0 Å².